The Balaban J connectivity index is 1.49. The molecule has 0 radical (unpaired) electrons. The van der Waals surface area contributed by atoms with Gasteiger partial charge in [-0.05, 0) is 43.7 Å². The molecule has 1 aromatic heterocycles. The Hall–Kier alpha value is -2.80. The van der Waals surface area contributed by atoms with Gasteiger partial charge in [0.25, 0.3) is 0 Å². The van der Waals surface area contributed by atoms with Gasteiger partial charge in [0, 0.05) is 12.7 Å². The SMILES string of the molecule is Cc1ccc(-n2cnnc2SCC(=O)N(C)CCOc2cccc(C)c2)cc1. The van der Waals surface area contributed by atoms with Crippen LogP contribution >= 0.6 is 11.8 Å². The molecule has 0 atom stereocenters. The Labute approximate surface area is 169 Å². The summed E-state index contributed by atoms with van der Waals surface area (Å²) in [4.78, 5) is 14.1. The lowest BCUT2D eigenvalue weighted by Gasteiger charge is -2.17. The molecule has 0 fully saturated rings. The molecular formula is C21H24N4O2S. The summed E-state index contributed by atoms with van der Waals surface area (Å²) in [6.45, 7) is 5.05. The first-order valence-electron chi connectivity index (χ1n) is 9.06. The number of aromatic nitrogens is 3. The molecule has 0 aliphatic rings. The summed E-state index contributed by atoms with van der Waals surface area (Å²) in [5.74, 6) is 1.14. The number of hydrogen-bond donors (Lipinski definition) is 0. The molecule has 146 valence electrons. The Kier molecular flexibility index (Phi) is 6.71. The van der Waals surface area contributed by atoms with E-state index in [4.69, 9.17) is 4.74 Å². The van der Waals surface area contributed by atoms with Crippen molar-refractivity contribution in [2.24, 2.45) is 0 Å². The summed E-state index contributed by atoms with van der Waals surface area (Å²) in [5, 5.41) is 8.81. The standard InChI is InChI=1S/C21H24N4O2S/c1-16-7-9-18(10-8-16)25-15-22-23-21(25)28-14-20(26)24(3)11-12-27-19-6-4-5-17(2)13-19/h4-10,13,15H,11-12,14H2,1-3H3. The van der Waals surface area contributed by atoms with E-state index in [-0.39, 0.29) is 5.91 Å². The monoisotopic (exact) mass is 396 g/mol. The molecule has 0 unspecified atom stereocenters. The van der Waals surface area contributed by atoms with Crippen molar-refractivity contribution in [3.05, 3.63) is 66.0 Å². The normalized spacial score (nSPS) is 10.7. The van der Waals surface area contributed by atoms with Gasteiger partial charge in [0.15, 0.2) is 5.16 Å². The number of rotatable bonds is 8. The number of hydrogen-bond acceptors (Lipinski definition) is 5. The highest BCUT2D eigenvalue weighted by molar-refractivity contribution is 7.99. The number of carbonyl (C=O) groups excluding carboxylic acids is 1. The number of aryl methyl sites for hydroxylation is 2. The predicted octanol–water partition coefficient (Wildman–Crippen LogP) is 3.51. The van der Waals surface area contributed by atoms with Crippen LogP contribution in [0, 0.1) is 13.8 Å². The number of ether oxygens (including phenoxy) is 1. The van der Waals surface area contributed by atoms with E-state index < -0.39 is 0 Å². The minimum atomic E-state index is 0.0244. The molecule has 0 bridgehead atoms. The Morgan fingerprint density at radius 3 is 2.68 bits per heavy atom. The fourth-order valence-electron chi connectivity index (χ4n) is 2.57. The molecule has 0 saturated heterocycles. The molecule has 1 heterocycles. The van der Waals surface area contributed by atoms with E-state index >= 15 is 0 Å². The van der Waals surface area contributed by atoms with E-state index in [1.165, 1.54) is 17.3 Å². The highest BCUT2D eigenvalue weighted by atomic mass is 32.2. The molecule has 28 heavy (non-hydrogen) atoms. The van der Waals surface area contributed by atoms with Gasteiger partial charge in [-0.15, -0.1) is 10.2 Å². The van der Waals surface area contributed by atoms with Gasteiger partial charge in [-0.25, -0.2) is 0 Å². The summed E-state index contributed by atoms with van der Waals surface area (Å²) in [6.07, 6.45) is 1.66. The van der Waals surface area contributed by atoms with Crippen LogP contribution in [-0.4, -0.2) is 51.5 Å². The summed E-state index contributed by atoms with van der Waals surface area (Å²) >= 11 is 1.38. The maximum atomic E-state index is 12.4. The summed E-state index contributed by atoms with van der Waals surface area (Å²) < 4.78 is 7.60. The van der Waals surface area contributed by atoms with E-state index in [9.17, 15) is 4.79 Å². The van der Waals surface area contributed by atoms with Gasteiger partial charge < -0.3 is 9.64 Å². The lowest BCUT2D eigenvalue weighted by molar-refractivity contribution is -0.127. The molecular weight excluding hydrogens is 372 g/mol. The quantitative estimate of drug-likeness (QED) is 0.545. The fourth-order valence-corrected chi connectivity index (χ4v) is 3.44. The van der Waals surface area contributed by atoms with Gasteiger partial charge in [-0.1, -0.05) is 41.6 Å². The number of likely N-dealkylation sites (N-methyl/N-ethyl adjacent to an activating group) is 1. The maximum absolute atomic E-state index is 12.4. The van der Waals surface area contributed by atoms with Gasteiger partial charge in [-0.2, -0.15) is 0 Å². The summed E-state index contributed by atoms with van der Waals surface area (Å²) in [7, 11) is 1.78. The second-order valence-corrected chi connectivity index (χ2v) is 7.53. The van der Waals surface area contributed by atoms with Crippen LogP contribution in [0.5, 0.6) is 5.75 Å². The van der Waals surface area contributed by atoms with Gasteiger partial charge in [0.1, 0.15) is 18.7 Å². The zero-order valence-electron chi connectivity index (χ0n) is 16.3. The van der Waals surface area contributed by atoms with Crippen molar-refractivity contribution in [2.45, 2.75) is 19.0 Å². The van der Waals surface area contributed by atoms with Crippen LogP contribution in [-0.2, 0) is 4.79 Å². The van der Waals surface area contributed by atoms with Crippen molar-refractivity contribution >= 4 is 17.7 Å². The average Bonchev–Trinajstić information content (AvgIpc) is 3.15. The zero-order valence-corrected chi connectivity index (χ0v) is 17.1. The topological polar surface area (TPSA) is 60.2 Å². The molecule has 2 aromatic carbocycles. The van der Waals surface area contributed by atoms with Crippen molar-refractivity contribution < 1.29 is 9.53 Å². The molecule has 0 aliphatic heterocycles. The highest BCUT2D eigenvalue weighted by Crippen LogP contribution is 2.20. The molecule has 7 heteroatoms. The molecule has 0 saturated carbocycles. The van der Waals surface area contributed by atoms with Crippen molar-refractivity contribution in [2.75, 3.05) is 26.0 Å². The third-order valence-electron chi connectivity index (χ3n) is 4.26. The van der Waals surface area contributed by atoms with E-state index in [1.54, 1.807) is 18.3 Å². The first-order valence-corrected chi connectivity index (χ1v) is 10.0. The van der Waals surface area contributed by atoms with Gasteiger partial charge in [-0.3, -0.25) is 9.36 Å². The van der Waals surface area contributed by atoms with E-state index in [0.717, 1.165) is 17.0 Å². The van der Waals surface area contributed by atoms with E-state index in [1.807, 2.05) is 66.9 Å². The first kappa shape index (κ1) is 19.9. The fraction of sp³-hybridized carbons (Fsp3) is 0.286. The van der Waals surface area contributed by atoms with Crippen LogP contribution < -0.4 is 4.74 Å². The van der Waals surface area contributed by atoms with Crippen LogP contribution in [0.2, 0.25) is 0 Å². The second kappa shape index (κ2) is 9.41. The van der Waals surface area contributed by atoms with E-state index in [0.29, 0.717) is 24.1 Å². The molecule has 0 spiro atoms. The number of benzene rings is 2. The van der Waals surface area contributed by atoms with Crippen LogP contribution in [0.15, 0.2) is 60.0 Å². The molecule has 6 nitrogen and oxygen atoms in total. The smallest absolute Gasteiger partial charge is 0.232 e. The number of amides is 1. The third kappa shape index (κ3) is 5.36. The minimum Gasteiger partial charge on any atom is -0.492 e. The van der Waals surface area contributed by atoms with Gasteiger partial charge in [0.05, 0.1) is 12.3 Å². The Morgan fingerprint density at radius 2 is 1.93 bits per heavy atom. The van der Waals surface area contributed by atoms with Crippen LogP contribution in [0.4, 0.5) is 0 Å². The second-order valence-electron chi connectivity index (χ2n) is 6.59. The van der Waals surface area contributed by atoms with Crippen molar-refractivity contribution in [3.8, 4) is 11.4 Å². The average molecular weight is 397 g/mol. The Morgan fingerprint density at radius 1 is 1.14 bits per heavy atom. The van der Waals surface area contributed by atoms with Crippen molar-refractivity contribution in [1.29, 1.82) is 0 Å². The first-order chi connectivity index (χ1) is 13.5. The number of nitrogens with zero attached hydrogens (tertiary/aromatic N) is 4. The molecule has 3 rings (SSSR count). The van der Waals surface area contributed by atoms with Crippen LogP contribution in [0.3, 0.4) is 0 Å². The van der Waals surface area contributed by atoms with Crippen molar-refractivity contribution in [3.63, 3.8) is 0 Å². The lowest BCUT2D eigenvalue weighted by atomic mass is 10.2. The predicted molar refractivity (Wildman–Crippen MR) is 111 cm³/mol. The third-order valence-corrected chi connectivity index (χ3v) is 5.19. The van der Waals surface area contributed by atoms with E-state index in [2.05, 4.69) is 10.2 Å². The minimum absolute atomic E-state index is 0.0244. The molecule has 3 aromatic rings. The van der Waals surface area contributed by atoms with Gasteiger partial charge >= 0.3 is 0 Å². The highest BCUT2D eigenvalue weighted by Gasteiger charge is 2.13. The number of carbonyl (C=O) groups is 1. The summed E-state index contributed by atoms with van der Waals surface area (Å²) in [5.41, 5.74) is 3.32. The largest absolute Gasteiger partial charge is 0.492 e. The number of thioether (sulfide) groups is 1. The van der Waals surface area contributed by atoms with Crippen LogP contribution in [0.25, 0.3) is 5.69 Å². The lowest BCUT2D eigenvalue weighted by Crippen LogP contribution is -2.32. The van der Waals surface area contributed by atoms with Crippen molar-refractivity contribution in [1.82, 2.24) is 19.7 Å². The molecule has 1 amide bonds. The maximum Gasteiger partial charge on any atom is 0.232 e. The summed E-state index contributed by atoms with van der Waals surface area (Å²) in [6, 6.07) is 16.0. The molecule has 0 N–H and O–H groups in total. The zero-order chi connectivity index (χ0) is 19.9. The molecule has 0 aliphatic carbocycles. The van der Waals surface area contributed by atoms with Crippen LogP contribution in [0.1, 0.15) is 11.1 Å². The van der Waals surface area contributed by atoms with Gasteiger partial charge in [0.2, 0.25) is 5.91 Å². The Bertz CT molecular complexity index is 924.